The van der Waals surface area contributed by atoms with Gasteiger partial charge in [0.05, 0.1) is 6.61 Å². The first-order chi connectivity index (χ1) is 7.75. The van der Waals surface area contributed by atoms with Gasteiger partial charge >= 0.3 is 0 Å². The summed E-state index contributed by atoms with van der Waals surface area (Å²) in [6.07, 6.45) is 0.700. The zero-order chi connectivity index (χ0) is 12.8. The van der Waals surface area contributed by atoms with E-state index in [1.165, 1.54) is 12.1 Å². The molecular weight excluding hydrogens is 267 g/mol. The lowest BCUT2D eigenvalue weighted by atomic mass is 10.0. The standard InChI is InChI=1S/C11H12ClFO3S/c1-7-5-8-10(6-9(7)12)16-4-3-11(8,13)17(2,14)15/h5-6H,3-4H2,1-2H3. The maximum Gasteiger partial charge on any atom is 0.242 e. The number of fused-ring (bicyclic) bond motifs is 1. The molecule has 3 nitrogen and oxygen atoms in total. The van der Waals surface area contributed by atoms with E-state index in [0.29, 0.717) is 10.6 Å². The summed E-state index contributed by atoms with van der Waals surface area (Å²) in [5.41, 5.74) is 0.676. The van der Waals surface area contributed by atoms with Gasteiger partial charge in [-0.3, -0.25) is 0 Å². The number of alkyl halides is 1. The van der Waals surface area contributed by atoms with Crippen LogP contribution in [0, 0.1) is 6.92 Å². The first kappa shape index (κ1) is 12.6. The monoisotopic (exact) mass is 278 g/mol. The number of benzene rings is 1. The van der Waals surface area contributed by atoms with Crippen molar-refractivity contribution in [2.75, 3.05) is 12.9 Å². The Hall–Kier alpha value is -0.810. The van der Waals surface area contributed by atoms with Gasteiger partial charge in [0.2, 0.25) is 5.00 Å². The lowest BCUT2D eigenvalue weighted by Gasteiger charge is -2.31. The average molecular weight is 279 g/mol. The average Bonchev–Trinajstić information content (AvgIpc) is 2.20. The lowest BCUT2D eigenvalue weighted by Crippen LogP contribution is -2.36. The van der Waals surface area contributed by atoms with Gasteiger partial charge in [0.1, 0.15) is 5.75 Å². The molecule has 1 aliphatic heterocycles. The molecule has 0 fully saturated rings. The Kier molecular flexibility index (Phi) is 2.86. The number of ether oxygens (including phenoxy) is 1. The highest BCUT2D eigenvalue weighted by Crippen LogP contribution is 2.45. The van der Waals surface area contributed by atoms with Crippen molar-refractivity contribution in [2.24, 2.45) is 0 Å². The van der Waals surface area contributed by atoms with E-state index in [9.17, 15) is 12.8 Å². The molecule has 17 heavy (non-hydrogen) atoms. The van der Waals surface area contributed by atoms with Crippen LogP contribution in [0.4, 0.5) is 4.39 Å². The van der Waals surface area contributed by atoms with Gasteiger partial charge < -0.3 is 4.74 Å². The van der Waals surface area contributed by atoms with E-state index in [4.69, 9.17) is 16.3 Å². The lowest BCUT2D eigenvalue weighted by molar-refractivity contribution is 0.163. The number of hydrogen-bond acceptors (Lipinski definition) is 3. The van der Waals surface area contributed by atoms with Crippen molar-refractivity contribution in [3.63, 3.8) is 0 Å². The molecule has 0 radical (unpaired) electrons. The Morgan fingerprint density at radius 1 is 1.47 bits per heavy atom. The molecular formula is C11H12ClFO3S. The minimum absolute atomic E-state index is 0.0238. The van der Waals surface area contributed by atoms with Crippen LogP contribution < -0.4 is 4.74 Å². The molecule has 0 aromatic heterocycles. The van der Waals surface area contributed by atoms with Gasteiger partial charge in [-0.05, 0) is 24.6 Å². The van der Waals surface area contributed by atoms with Gasteiger partial charge in [-0.2, -0.15) is 0 Å². The fourth-order valence-corrected chi connectivity index (χ4v) is 3.05. The SMILES string of the molecule is Cc1cc2c(cc1Cl)OCCC2(F)S(C)(=O)=O. The fraction of sp³-hybridized carbons (Fsp3) is 0.455. The number of halogens is 2. The highest BCUT2D eigenvalue weighted by Gasteiger charge is 2.47. The third kappa shape index (κ3) is 1.91. The second-order valence-electron chi connectivity index (χ2n) is 4.20. The largest absolute Gasteiger partial charge is 0.493 e. The summed E-state index contributed by atoms with van der Waals surface area (Å²) >= 11 is 5.90. The first-order valence-corrected chi connectivity index (χ1v) is 7.34. The second kappa shape index (κ2) is 3.85. The van der Waals surface area contributed by atoms with Crippen LogP contribution in [0.3, 0.4) is 0 Å². The number of rotatable bonds is 1. The van der Waals surface area contributed by atoms with Gasteiger partial charge in [0.25, 0.3) is 0 Å². The van der Waals surface area contributed by atoms with Crippen molar-refractivity contribution in [2.45, 2.75) is 18.3 Å². The van der Waals surface area contributed by atoms with Crippen LogP contribution >= 0.6 is 11.6 Å². The predicted molar refractivity (Wildman–Crippen MR) is 63.9 cm³/mol. The molecule has 0 saturated carbocycles. The summed E-state index contributed by atoms with van der Waals surface area (Å²) in [5.74, 6) is 0.208. The van der Waals surface area contributed by atoms with Crippen molar-refractivity contribution in [3.8, 4) is 5.75 Å². The third-order valence-electron chi connectivity index (χ3n) is 2.93. The third-order valence-corrected chi connectivity index (χ3v) is 4.94. The molecule has 0 aliphatic carbocycles. The predicted octanol–water partition coefficient (Wildman–Crippen LogP) is 2.60. The molecule has 6 heteroatoms. The Balaban J connectivity index is 2.71. The van der Waals surface area contributed by atoms with Crippen LogP contribution in [0.1, 0.15) is 17.5 Å². The maximum absolute atomic E-state index is 14.7. The molecule has 2 rings (SSSR count). The number of sulfone groups is 1. The summed E-state index contributed by atoms with van der Waals surface area (Å²) in [6.45, 7) is 1.72. The van der Waals surface area contributed by atoms with Crippen molar-refractivity contribution in [3.05, 3.63) is 28.3 Å². The van der Waals surface area contributed by atoms with Gasteiger partial charge in [0, 0.05) is 23.3 Å². The second-order valence-corrected chi connectivity index (χ2v) is 6.80. The van der Waals surface area contributed by atoms with Crippen molar-refractivity contribution < 1.29 is 17.5 Å². The Morgan fingerprint density at radius 3 is 2.71 bits per heavy atom. The van der Waals surface area contributed by atoms with Crippen LogP contribution in [-0.4, -0.2) is 21.3 Å². The van der Waals surface area contributed by atoms with Crippen molar-refractivity contribution in [1.82, 2.24) is 0 Å². The zero-order valence-corrected chi connectivity index (χ0v) is 11.0. The highest BCUT2D eigenvalue weighted by molar-refractivity contribution is 7.91. The highest BCUT2D eigenvalue weighted by atomic mass is 35.5. The van der Waals surface area contributed by atoms with Crippen LogP contribution in [0.25, 0.3) is 0 Å². The summed E-state index contributed by atoms with van der Waals surface area (Å²) in [6, 6.07) is 2.91. The quantitative estimate of drug-likeness (QED) is 0.793. The molecule has 0 bridgehead atoms. The molecule has 0 saturated heterocycles. The molecule has 0 spiro atoms. The van der Waals surface area contributed by atoms with E-state index in [1.54, 1.807) is 6.92 Å². The molecule has 1 heterocycles. The van der Waals surface area contributed by atoms with Crippen molar-refractivity contribution in [1.29, 1.82) is 0 Å². The van der Waals surface area contributed by atoms with Crippen LogP contribution in [0.5, 0.6) is 5.75 Å². The maximum atomic E-state index is 14.7. The van der Waals surface area contributed by atoms with E-state index in [2.05, 4.69) is 0 Å². The molecule has 1 atom stereocenters. The molecule has 94 valence electrons. The Morgan fingerprint density at radius 2 is 2.12 bits per heavy atom. The molecule has 1 aromatic carbocycles. The van der Waals surface area contributed by atoms with E-state index in [1.807, 2.05) is 0 Å². The van der Waals surface area contributed by atoms with E-state index >= 15 is 0 Å². The fourth-order valence-electron chi connectivity index (χ4n) is 1.89. The number of aryl methyl sites for hydroxylation is 1. The van der Waals surface area contributed by atoms with Gasteiger partial charge in [-0.15, -0.1) is 0 Å². The minimum Gasteiger partial charge on any atom is -0.493 e. The zero-order valence-electron chi connectivity index (χ0n) is 9.46. The molecule has 0 amide bonds. The summed E-state index contributed by atoms with van der Waals surface area (Å²) in [4.78, 5) is 0. The van der Waals surface area contributed by atoms with Crippen LogP contribution in [-0.2, 0) is 14.8 Å². The van der Waals surface area contributed by atoms with E-state index in [0.717, 1.165) is 6.26 Å². The van der Waals surface area contributed by atoms with E-state index < -0.39 is 14.8 Å². The van der Waals surface area contributed by atoms with E-state index in [-0.39, 0.29) is 24.3 Å². The Bertz CT molecular complexity index is 570. The van der Waals surface area contributed by atoms with Gasteiger partial charge in [-0.1, -0.05) is 11.6 Å². The van der Waals surface area contributed by atoms with Crippen molar-refractivity contribution >= 4 is 21.4 Å². The molecule has 1 unspecified atom stereocenters. The topological polar surface area (TPSA) is 43.4 Å². The smallest absolute Gasteiger partial charge is 0.242 e. The summed E-state index contributed by atoms with van der Waals surface area (Å²) in [7, 11) is -3.86. The van der Waals surface area contributed by atoms with Gasteiger partial charge in [-0.25, -0.2) is 12.8 Å². The molecule has 1 aromatic rings. The summed E-state index contributed by atoms with van der Waals surface area (Å²) in [5, 5.41) is -1.95. The Labute approximate surface area is 104 Å². The van der Waals surface area contributed by atoms with Gasteiger partial charge in [0.15, 0.2) is 9.84 Å². The summed E-state index contributed by atoms with van der Waals surface area (Å²) < 4.78 is 43.1. The molecule has 1 aliphatic rings. The first-order valence-electron chi connectivity index (χ1n) is 5.07. The molecule has 0 N–H and O–H groups in total. The number of hydrogen-bond donors (Lipinski definition) is 0. The minimum atomic E-state index is -3.86. The normalized spacial score (nSPS) is 24.0. The van der Waals surface area contributed by atoms with Crippen LogP contribution in [0.2, 0.25) is 5.02 Å². The van der Waals surface area contributed by atoms with Crippen LogP contribution in [0.15, 0.2) is 12.1 Å².